The van der Waals surface area contributed by atoms with Crippen LogP contribution in [0.25, 0.3) is 0 Å². The molecule has 1 heteroatoms. The molecule has 0 aliphatic carbocycles. The Labute approximate surface area is 87.9 Å². The predicted molar refractivity (Wildman–Crippen MR) is 66.0 cm³/mol. The highest BCUT2D eigenvalue weighted by Gasteiger charge is 1.87. The molecule has 0 fully saturated rings. The van der Waals surface area contributed by atoms with Crippen LogP contribution in [0.4, 0.5) is 0 Å². The topological polar surface area (TPSA) is 12.4 Å². The molecule has 1 nitrogen and oxygen atoms in total. The fraction of sp³-hybridized carbons (Fsp3) is 0.462. The van der Waals surface area contributed by atoms with Gasteiger partial charge in [0.05, 0.1) is 6.54 Å². The van der Waals surface area contributed by atoms with E-state index >= 15 is 0 Å². The summed E-state index contributed by atoms with van der Waals surface area (Å²) < 4.78 is 0. The predicted octanol–water partition coefficient (Wildman–Crippen LogP) is 3.94. The quantitative estimate of drug-likeness (QED) is 0.445. The summed E-state index contributed by atoms with van der Waals surface area (Å²) in [5, 5.41) is 0. The third-order valence-electron chi connectivity index (χ3n) is 1.69. The Morgan fingerprint density at radius 1 is 1.21 bits per heavy atom. The maximum atomic E-state index is 4.30. The van der Waals surface area contributed by atoms with Gasteiger partial charge in [-0.2, -0.15) is 0 Å². The van der Waals surface area contributed by atoms with Crippen molar-refractivity contribution in [3.05, 3.63) is 36.0 Å². The second-order valence-corrected chi connectivity index (χ2v) is 3.01. The van der Waals surface area contributed by atoms with Crippen LogP contribution >= 0.6 is 0 Å². The maximum absolute atomic E-state index is 4.30. The second-order valence-electron chi connectivity index (χ2n) is 3.01. The van der Waals surface area contributed by atoms with Gasteiger partial charge in [-0.15, -0.1) is 0 Å². The van der Waals surface area contributed by atoms with E-state index < -0.39 is 0 Å². The first kappa shape index (κ1) is 12.9. The van der Waals surface area contributed by atoms with Gasteiger partial charge in [-0.05, 0) is 31.4 Å². The minimum atomic E-state index is 0.786. The Hall–Kier alpha value is -1.11. The Morgan fingerprint density at radius 3 is 2.57 bits per heavy atom. The van der Waals surface area contributed by atoms with Gasteiger partial charge in [0.2, 0.25) is 0 Å². The molecule has 0 aromatic rings. The van der Waals surface area contributed by atoms with E-state index in [-0.39, 0.29) is 0 Å². The average molecular weight is 191 g/mol. The third-order valence-corrected chi connectivity index (χ3v) is 1.69. The molecule has 0 saturated heterocycles. The number of hydrogen-bond acceptors (Lipinski definition) is 1. The minimum absolute atomic E-state index is 0.786. The molecular weight excluding hydrogens is 170 g/mol. The molecule has 78 valence electrons. The van der Waals surface area contributed by atoms with Gasteiger partial charge in [0.1, 0.15) is 0 Å². The summed E-state index contributed by atoms with van der Waals surface area (Å²) in [4.78, 5) is 4.30. The zero-order valence-electron chi connectivity index (χ0n) is 9.53. The molecule has 14 heavy (non-hydrogen) atoms. The van der Waals surface area contributed by atoms with Crippen LogP contribution in [-0.2, 0) is 0 Å². The molecule has 0 aliphatic heterocycles. The highest BCUT2D eigenvalue weighted by atomic mass is 14.7. The number of nitrogens with zero attached hydrogens (tertiary/aromatic N) is 1. The van der Waals surface area contributed by atoms with Crippen LogP contribution in [0.5, 0.6) is 0 Å². The van der Waals surface area contributed by atoms with Gasteiger partial charge in [0, 0.05) is 6.21 Å². The van der Waals surface area contributed by atoms with Gasteiger partial charge < -0.3 is 0 Å². The number of hydrogen-bond donors (Lipinski definition) is 0. The van der Waals surface area contributed by atoms with Crippen molar-refractivity contribution in [2.24, 2.45) is 4.99 Å². The lowest BCUT2D eigenvalue weighted by Gasteiger charge is -1.95. The van der Waals surface area contributed by atoms with Crippen molar-refractivity contribution in [1.82, 2.24) is 0 Å². The molecule has 0 unspecified atom stereocenters. The molecule has 0 atom stereocenters. The summed E-state index contributed by atoms with van der Waals surface area (Å²) in [7, 11) is 0. The molecule has 0 radical (unpaired) electrons. The van der Waals surface area contributed by atoms with E-state index in [1.54, 1.807) is 0 Å². The van der Waals surface area contributed by atoms with Gasteiger partial charge in [-0.1, -0.05) is 38.2 Å². The van der Waals surface area contributed by atoms with E-state index in [0.29, 0.717) is 0 Å². The van der Waals surface area contributed by atoms with Crippen LogP contribution in [0.15, 0.2) is 40.9 Å². The van der Waals surface area contributed by atoms with Crippen LogP contribution in [0.1, 0.15) is 33.6 Å². The van der Waals surface area contributed by atoms with Gasteiger partial charge >= 0.3 is 0 Å². The summed E-state index contributed by atoms with van der Waals surface area (Å²) in [6, 6.07) is 0. The monoisotopic (exact) mass is 191 g/mol. The van der Waals surface area contributed by atoms with Crippen molar-refractivity contribution >= 4 is 6.21 Å². The Morgan fingerprint density at radius 2 is 2.00 bits per heavy atom. The van der Waals surface area contributed by atoms with E-state index in [4.69, 9.17) is 0 Å². The lowest BCUT2D eigenvalue weighted by molar-refractivity contribution is 1.12. The first-order valence-corrected chi connectivity index (χ1v) is 5.31. The van der Waals surface area contributed by atoms with Crippen molar-refractivity contribution in [1.29, 1.82) is 0 Å². The Balaban J connectivity index is 4.10. The van der Waals surface area contributed by atoms with E-state index in [1.807, 2.05) is 25.3 Å². The van der Waals surface area contributed by atoms with E-state index in [2.05, 4.69) is 37.1 Å². The first-order chi connectivity index (χ1) is 6.85. The lowest BCUT2D eigenvalue weighted by atomic mass is 10.2. The SMILES string of the molecule is C/C=C\C=NCC(/C=C\CC)=C/CC. The fourth-order valence-electron chi connectivity index (χ4n) is 1.02. The van der Waals surface area contributed by atoms with E-state index in [1.165, 1.54) is 5.57 Å². The van der Waals surface area contributed by atoms with Crippen LogP contribution in [0, 0.1) is 0 Å². The highest BCUT2D eigenvalue weighted by molar-refractivity contribution is 5.71. The Kier molecular flexibility index (Phi) is 9.18. The smallest absolute Gasteiger partial charge is 0.0636 e. The molecule has 0 bridgehead atoms. The number of allylic oxidation sites excluding steroid dienone is 4. The molecule has 0 aromatic heterocycles. The van der Waals surface area contributed by atoms with E-state index in [9.17, 15) is 0 Å². The van der Waals surface area contributed by atoms with Gasteiger partial charge in [0.15, 0.2) is 0 Å². The molecule has 0 saturated carbocycles. The molecule has 0 amide bonds. The van der Waals surface area contributed by atoms with Crippen molar-refractivity contribution < 1.29 is 0 Å². The molecule has 0 rings (SSSR count). The fourth-order valence-corrected chi connectivity index (χ4v) is 1.02. The minimum Gasteiger partial charge on any atom is -0.288 e. The van der Waals surface area contributed by atoms with E-state index in [0.717, 1.165) is 19.4 Å². The summed E-state index contributed by atoms with van der Waals surface area (Å²) in [6.07, 6.45) is 14.5. The van der Waals surface area contributed by atoms with Crippen molar-refractivity contribution in [3.63, 3.8) is 0 Å². The Bertz CT molecular complexity index is 232. The standard InChI is InChI=1S/C13H21N/c1-4-7-10-13(9-6-3)12-14-11-8-5-2/h5,7-11H,4,6,12H2,1-3H3/b8-5-,10-7-,13-9+,14-11?. The lowest BCUT2D eigenvalue weighted by Crippen LogP contribution is -1.85. The number of rotatable bonds is 6. The highest BCUT2D eigenvalue weighted by Crippen LogP contribution is 2.00. The maximum Gasteiger partial charge on any atom is 0.0636 e. The largest absolute Gasteiger partial charge is 0.288 e. The summed E-state index contributed by atoms with van der Waals surface area (Å²) in [5.41, 5.74) is 1.30. The molecule has 0 heterocycles. The molecule has 0 N–H and O–H groups in total. The van der Waals surface area contributed by atoms with Gasteiger partial charge in [0.25, 0.3) is 0 Å². The summed E-state index contributed by atoms with van der Waals surface area (Å²) in [5.74, 6) is 0. The first-order valence-electron chi connectivity index (χ1n) is 5.31. The number of aliphatic imine (C=N–C) groups is 1. The van der Waals surface area contributed by atoms with Crippen molar-refractivity contribution in [2.45, 2.75) is 33.6 Å². The average Bonchev–Trinajstić information content (AvgIpc) is 2.20. The second kappa shape index (κ2) is 9.97. The summed E-state index contributed by atoms with van der Waals surface area (Å²) >= 11 is 0. The molecule has 0 spiro atoms. The molecular formula is C13H21N. The van der Waals surface area contributed by atoms with Crippen LogP contribution in [-0.4, -0.2) is 12.8 Å². The normalized spacial score (nSPS) is 13.8. The van der Waals surface area contributed by atoms with Crippen molar-refractivity contribution in [2.75, 3.05) is 6.54 Å². The van der Waals surface area contributed by atoms with Crippen molar-refractivity contribution in [3.8, 4) is 0 Å². The third kappa shape index (κ3) is 7.53. The van der Waals surface area contributed by atoms with Crippen LogP contribution in [0.3, 0.4) is 0 Å². The summed E-state index contributed by atoms with van der Waals surface area (Å²) in [6.45, 7) is 7.07. The molecule has 0 aliphatic rings. The van der Waals surface area contributed by atoms with Crippen LogP contribution in [0.2, 0.25) is 0 Å². The van der Waals surface area contributed by atoms with Gasteiger partial charge in [-0.25, -0.2) is 0 Å². The van der Waals surface area contributed by atoms with Crippen LogP contribution < -0.4 is 0 Å². The zero-order valence-corrected chi connectivity index (χ0v) is 9.53. The van der Waals surface area contributed by atoms with Gasteiger partial charge in [-0.3, -0.25) is 4.99 Å². The molecule has 0 aromatic carbocycles. The zero-order chi connectivity index (χ0) is 10.6.